The number of nitrogens with zero attached hydrogens (tertiary/aromatic N) is 3. The van der Waals surface area contributed by atoms with Crippen molar-refractivity contribution >= 4 is 34.8 Å². The molecule has 3 aromatic carbocycles. The average molecular weight is 457 g/mol. The average Bonchev–Trinajstić information content (AvgIpc) is 3.18. The summed E-state index contributed by atoms with van der Waals surface area (Å²) in [5.74, 6) is 0.474. The van der Waals surface area contributed by atoms with Crippen molar-refractivity contribution in [2.75, 3.05) is 10.2 Å². The van der Waals surface area contributed by atoms with Gasteiger partial charge in [-0.1, -0.05) is 29.8 Å². The van der Waals surface area contributed by atoms with Gasteiger partial charge in [-0.05, 0) is 66.6 Å². The van der Waals surface area contributed by atoms with E-state index in [1.807, 2.05) is 48.0 Å². The molecule has 7 heteroatoms. The summed E-state index contributed by atoms with van der Waals surface area (Å²) < 4.78 is 2.02. The van der Waals surface area contributed by atoms with Gasteiger partial charge < -0.3 is 14.8 Å². The fraction of sp³-hybridized carbons (Fsp3) is 0.115. The van der Waals surface area contributed by atoms with Gasteiger partial charge in [-0.15, -0.1) is 0 Å². The third-order valence-corrected chi connectivity index (χ3v) is 6.03. The number of fused-ring (bicyclic) bond motifs is 2. The Morgan fingerprint density at radius 3 is 2.58 bits per heavy atom. The van der Waals surface area contributed by atoms with E-state index in [-0.39, 0.29) is 11.8 Å². The van der Waals surface area contributed by atoms with Crippen LogP contribution in [0.1, 0.15) is 37.7 Å². The van der Waals surface area contributed by atoms with E-state index in [1.165, 1.54) is 0 Å². The van der Waals surface area contributed by atoms with E-state index in [0.717, 1.165) is 22.6 Å². The Kier molecular flexibility index (Phi) is 5.44. The lowest BCUT2D eigenvalue weighted by molar-refractivity contribution is 0.0983. The number of hydrogen-bond acceptors (Lipinski definition) is 3. The molecule has 164 valence electrons. The molecular weight excluding hydrogens is 436 g/mol. The number of imidazole rings is 1. The molecule has 2 amide bonds. The summed E-state index contributed by atoms with van der Waals surface area (Å²) in [6.45, 7) is 2.85. The Bertz CT molecular complexity index is 1360. The molecular formula is C26H21ClN4O2. The second kappa shape index (κ2) is 8.56. The number of hydrogen-bond donors (Lipinski definition) is 1. The molecule has 1 aliphatic heterocycles. The number of carbonyl (C=O) groups is 2. The monoisotopic (exact) mass is 456 g/mol. The van der Waals surface area contributed by atoms with Gasteiger partial charge in [-0.2, -0.15) is 0 Å². The van der Waals surface area contributed by atoms with Gasteiger partial charge in [-0.3, -0.25) is 9.59 Å². The van der Waals surface area contributed by atoms with Crippen molar-refractivity contribution in [1.82, 2.24) is 9.55 Å². The minimum atomic E-state index is -0.183. The Morgan fingerprint density at radius 1 is 1.00 bits per heavy atom. The standard InChI is InChI=1S/C26H21ClN4O2/c1-17-4-2-3-5-22(17)25(32)29-21-9-6-18(7-10-21)26(33)31-16-24-28-12-13-30(24)15-19-14-20(27)8-11-23(19)31/h2-14H,15-16H2,1H3,(H,29,32). The van der Waals surface area contributed by atoms with E-state index >= 15 is 0 Å². The number of halogens is 1. The van der Waals surface area contributed by atoms with Gasteiger partial charge in [0.25, 0.3) is 11.8 Å². The summed E-state index contributed by atoms with van der Waals surface area (Å²) in [4.78, 5) is 32.2. The number of nitrogens with one attached hydrogen (secondary N) is 1. The van der Waals surface area contributed by atoms with Crippen LogP contribution in [0.15, 0.2) is 79.1 Å². The molecule has 33 heavy (non-hydrogen) atoms. The van der Waals surface area contributed by atoms with Crippen molar-refractivity contribution in [3.05, 3.63) is 112 Å². The van der Waals surface area contributed by atoms with Crippen molar-refractivity contribution in [1.29, 1.82) is 0 Å². The van der Waals surface area contributed by atoms with Gasteiger partial charge >= 0.3 is 0 Å². The molecule has 2 heterocycles. The maximum atomic E-state index is 13.5. The lowest BCUT2D eigenvalue weighted by Crippen LogP contribution is -2.31. The Morgan fingerprint density at radius 2 is 1.79 bits per heavy atom. The third kappa shape index (κ3) is 4.13. The zero-order valence-electron chi connectivity index (χ0n) is 18.0. The highest BCUT2D eigenvalue weighted by atomic mass is 35.5. The molecule has 1 aliphatic rings. The van der Waals surface area contributed by atoms with Gasteiger partial charge in [0.1, 0.15) is 5.82 Å². The van der Waals surface area contributed by atoms with Crippen molar-refractivity contribution in [2.45, 2.75) is 20.0 Å². The van der Waals surface area contributed by atoms with E-state index in [0.29, 0.717) is 34.9 Å². The first kappa shape index (κ1) is 21.0. The largest absolute Gasteiger partial charge is 0.329 e. The molecule has 1 N–H and O–H groups in total. The minimum absolute atomic E-state index is 0.146. The van der Waals surface area contributed by atoms with Gasteiger partial charge in [0.2, 0.25) is 0 Å². The second-order valence-corrected chi connectivity index (χ2v) is 8.42. The summed E-state index contributed by atoms with van der Waals surface area (Å²) in [5.41, 5.74) is 4.43. The smallest absolute Gasteiger partial charge is 0.258 e. The number of aryl methyl sites for hydroxylation is 1. The molecule has 0 radical (unpaired) electrons. The Hall–Kier alpha value is -3.90. The van der Waals surface area contributed by atoms with Crippen LogP contribution in [0.4, 0.5) is 11.4 Å². The molecule has 1 aromatic heterocycles. The third-order valence-electron chi connectivity index (χ3n) is 5.80. The van der Waals surface area contributed by atoms with Crippen LogP contribution in [-0.4, -0.2) is 21.4 Å². The first-order valence-corrected chi connectivity index (χ1v) is 10.9. The molecule has 5 rings (SSSR count). The Labute approximate surface area is 196 Å². The van der Waals surface area contributed by atoms with E-state index in [2.05, 4.69) is 10.3 Å². The van der Waals surface area contributed by atoms with Crippen LogP contribution in [0.5, 0.6) is 0 Å². The molecule has 0 bridgehead atoms. The van der Waals surface area contributed by atoms with Gasteiger partial charge in [-0.25, -0.2) is 4.98 Å². The predicted octanol–water partition coefficient (Wildman–Crippen LogP) is 5.31. The van der Waals surface area contributed by atoms with Crippen LogP contribution < -0.4 is 10.2 Å². The predicted molar refractivity (Wildman–Crippen MR) is 129 cm³/mol. The van der Waals surface area contributed by atoms with Crippen molar-refractivity contribution < 1.29 is 9.59 Å². The quantitative estimate of drug-likeness (QED) is 0.454. The maximum absolute atomic E-state index is 13.5. The number of benzene rings is 3. The number of anilines is 2. The summed E-state index contributed by atoms with van der Waals surface area (Å²) >= 11 is 6.23. The first-order chi connectivity index (χ1) is 16.0. The summed E-state index contributed by atoms with van der Waals surface area (Å²) in [5, 5.41) is 3.52. The van der Waals surface area contributed by atoms with E-state index in [1.54, 1.807) is 47.5 Å². The number of aromatic nitrogens is 2. The SMILES string of the molecule is Cc1ccccc1C(=O)Nc1ccc(C(=O)N2Cc3nccn3Cc3cc(Cl)ccc32)cc1. The molecule has 0 atom stereocenters. The van der Waals surface area contributed by atoms with E-state index in [9.17, 15) is 9.59 Å². The molecule has 0 spiro atoms. The molecule has 0 saturated heterocycles. The van der Waals surface area contributed by atoms with Crippen LogP contribution in [-0.2, 0) is 13.1 Å². The minimum Gasteiger partial charge on any atom is -0.329 e. The lowest BCUT2D eigenvalue weighted by Gasteiger charge is -2.22. The molecule has 4 aromatic rings. The second-order valence-electron chi connectivity index (χ2n) is 7.98. The highest BCUT2D eigenvalue weighted by Gasteiger charge is 2.26. The van der Waals surface area contributed by atoms with E-state index in [4.69, 9.17) is 11.6 Å². The van der Waals surface area contributed by atoms with Gasteiger partial charge in [0.15, 0.2) is 0 Å². The fourth-order valence-electron chi connectivity index (χ4n) is 4.05. The van der Waals surface area contributed by atoms with Crippen molar-refractivity contribution in [3.8, 4) is 0 Å². The van der Waals surface area contributed by atoms with Crippen LogP contribution in [0.3, 0.4) is 0 Å². The summed E-state index contributed by atoms with van der Waals surface area (Å²) in [7, 11) is 0. The zero-order chi connectivity index (χ0) is 22.9. The summed E-state index contributed by atoms with van der Waals surface area (Å²) in [6.07, 6.45) is 3.64. The van der Waals surface area contributed by atoms with Crippen molar-refractivity contribution in [2.24, 2.45) is 0 Å². The maximum Gasteiger partial charge on any atom is 0.258 e. The normalized spacial score (nSPS) is 12.5. The molecule has 0 aliphatic carbocycles. The first-order valence-electron chi connectivity index (χ1n) is 10.6. The fourth-order valence-corrected chi connectivity index (χ4v) is 4.24. The highest BCUT2D eigenvalue weighted by molar-refractivity contribution is 6.30. The Balaban J connectivity index is 1.40. The van der Waals surface area contributed by atoms with E-state index < -0.39 is 0 Å². The number of rotatable bonds is 3. The molecule has 0 saturated carbocycles. The van der Waals surface area contributed by atoms with Crippen LogP contribution in [0.2, 0.25) is 5.02 Å². The highest BCUT2D eigenvalue weighted by Crippen LogP contribution is 2.31. The van der Waals surface area contributed by atoms with Gasteiger partial charge in [0.05, 0.1) is 13.1 Å². The van der Waals surface area contributed by atoms with Crippen LogP contribution in [0.25, 0.3) is 0 Å². The number of carbonyl (C=O) groups excluding carboxylic acids is 2. The summed E-state index contributed by atoms with van der Waals surface area (Å²) in [6, 6.07) is 19.9. The zero-order valence-corrected chi connectivity index (χ0v) is 18.7. The van der Waals surface area contributed by atoms with Crippen LogP contribution >= 0.6 is 11.6 Å². The molecule has 0 unspecified atom stereocenters. The molecule has 0 fully saturated rings. The van der Waals surface area contributed by atoms with Gasteiger partial charge in [0, 0.05) is 39.9 Å². The van der Waals surface area contributed by atoms with Crippen molar-refractivity contribution in [3.63, 3.8) is 0 Å². The number of amides is 2. The topological polar surface area (TPSA) is 67.2 Å². The van der Waals surface area contributed by atoms with Crippen LogP contribution in [0, 0.1) is 6.92 Å². The lowest BCUT2D eigenvalue weighted by atomic mass is 10.1. The molecule has 6 nitrogen and oxygen atoms in total.